The molecule has 0 saturated carbocycles. The molecule has 1 aromatic carbocycles. The van der Waals surface area contributed by atoms with Crippen LogP contribution >= 0.6 is 0 Å². The number of hydrogen-bond donors (Lipinski definition) is 0. The molecule has 0 amide bonds. The van der Waals surface area contributed by atoms with Gasteiger partial charge in [-0.15, -0.1) is 0 Å². The minimum absolute atomic E-state index is 0.205. The summed E-state index contributed by atoms with van der Waals surface area (Å²) in [5, 5.41) is 4.22. The van der Waals surface area contributed by atoms with Gasteiger partial charge in [-0.25, -0.2) is 9.18 Å². The summed E-state index contributed by atoms with van der Waals surface area (Å²) in [5.74, 6) is -0.537. The molecule has 2 aromatic rings. The topological polar surface area (TPSA) is 50.6 Å². The van der Waals surface area contributed by atoms with Gasteiger partial charge < -0.3 is 9.64 Å². The van der Waals surface area contributed by atoms with E-state index in [0.29, 0.717) is 12.2 Å². The molecule has 0 aliphatic carbocycles. The van der Waals surface area contributed by atoms with Crippen molar-refractivity contribution in [2.45, 2.75) is 13.5 Å². The lowest BCUT2D eigenvalue weighted by Crippen LogP contribution is -2.47. The molecule has 1 aromatic heterocycles. The van der Waals surface area contributed by atoms with Crippen LogP contribution in [-0.2, 0) is 11.3 Å². The van der Waals surface area contributed by atoms with Gasteiger partial charge in [0.25, 0.3) is 0 Å². The Morgan fingerprint density at radius 3 is 2.56 bits per heavy atom. The average Bonchev–Trinajstić information content (AvgIpc) is 3.11. The number of esters is 1. The number of benzene rings is 1. The van der Waals surface area contributed by atoms with Crippen molar-refractivity contribution in [2.75, 3.05) is 44.2 Å². The molecule has 3 rings (SSSR count). The summed E-state index contributed by atoms with van der Waals surface area (Å²) in [6, 6.07) is 6.65. The van der Waals surface area contributed by atoms with E-state index in [2.05, 4.69) is 14.9 Å². The zero-order valence-electron chi connectivity index (χ0n) is 14.4. The number of carbonyl (C=O) groups excluding carboxylic acids is 1. The molecule has 0 bridgehead atoms. The molecule has 1 fully saturated rings. The van der Waals surface area contributed by atoms with E-state index in [1.165, 1.54) is 12.1 Å². The minimum atomic E-state index is -0.332. The van der Waals surface area contributed by atoms with Gasteiger partial charge in [0, 0.05) is 44.6 Å². The van der Waals surface area contributed by atoms with Crippen molar-refractivity contribution in [2.24, 2.45) is 0 Å². The standard InChI is InChI=1S/C18H23FN4O2/c1-2-25-18(24)15-13-20-23(14-15)12-9-21-7-10-22(11-8-21)17-5-3-16(19)4-6-17/h3-6,13-14H,2,7-12H2,1H3. The third kappa shape index (κ3) is 4.57. The molecular weight excluding hydrogens is 323 g/mol. The predicted octanol–water partition coefficient (Wildman–Crippen LogP) is 2.02. The predicted molar refractivity (Wildman–Crippen MR) is 93.2 cm³/mol. The van der Waals surface area contributed by atoms with Gasteiger partial charge >= 0.3 is 5.97 Å². The fraction of sp³-hybridized carbons (Fsp3) is 0.444. The number of nitrogens with zero attached hydrogens (tertiary/aromatic N) is 4. The molecule has 0 N–H and O–H groups in total. The summed E-state index contributed by atoms with van der Waals surface area (Å²) in [6.45, 7) is 7.48. The van der Waals surface area contributed by atoms with E-state index in [1.807, 2.05) is 12.1 Å². The molecule has 1 aliphatic rings. The Balaban J connectivity index is 1.45. The number of rotatable bonds is 6. The van der Waals surface area contributed by atoms with E-state index < -0.39 is 0 Å². The maximum absolute atomic E-state index is 13.0. The monoisotopic (exact) mass is 346 g/mol. The van der Waals surface area contributed by atoms with E-state index in [-0.39, 0.29) is 11.8 Å². The number of ether oxygens (including phenoxy) is 1. The van der Waals surface area contributed by atoms with Crippen LogP contribution in [0.4, 0.5) is 10.1 Å². The quantitative estimate of drug-likeness (QED) is 0.749. The van der Waals surface area contributed by atoms with Crippen LogP contribution in [0, 0.1) is 5.82 Å². The molecule has 0 unspecified atom stereocenters. The fourth-order valence-corrected chi connectivity index (χ4v) is 2.93. The zero-order chi connectivity index (χ0) is 17.6. The maximum Gasteiger partial charge on any atom is 0.341 e. The second kappa shape index (κ2) is 8.11. The van der Waals surface area contributed by atoms with Crippen LogP contribution < -0.4 is 4.90 Å². The number of anilines is 1. The molecule has 134 valence electrons. The van der Waals surface area contributed by atoms with Crippen LogP contribution in [0.15, 0.2) is 36.7 Å². The fourth-order valence-electron chi connectivity index (χ4n) is 2.93. The lowest BCUT2D eigenvalue weighted by atomic mass is 10.2. The third-order valence-corrected chi connectivity index (χ3v) is 4.35. The SMILES string of the molecule is CCOC(=O)c1cnn(CCN2CCN(c3ccc(F)cc3)CC2)c1. The van der Waals surface area contributed by atoms with E-state index in [1.54, 1.807) is 24.0 Å². The molecular formula is C18H23FN4O2. The molecule has 1 saturated heterocycles. The van der Waals surface area contributed by atoms with Crippen molar-refractivity contribution in [3.8, 4) is 0 Å². The minimum Gasteiger partial charge on any atom is -0.462 e. The summed E-state index contributed by atoms with van der Waals surface area (Å²) in [7, 11) is 0. The number of halogens is 1. The van der Waals surface area contributed by atoms with Gasteiger partial charge in [-0.2, -0.15) is 5.10 Å². The molecule has 0 atom stereocenters. The zero-order valence-corrected chi connectivity index (χ0v) is 14.4. The van der Waals surface area contributed by atoms with Crippen molar-refractivity contribution in [1.82, 2.24) is 14.7 Å². The number of aromatic nitrogens is 2. The maximum atomic E-state index is 13.0. The highest BCUT2D eigenvalue weighted by molar-refractivity contribution is 5.88. The van der Waals surface area contributed by atoms with E-state index in [0.717, 1.165) is 45.0 Å². The molecule has 0 radical (unpaired) electrons. The van der Waals surface area contributed by atoms with Gasteiger partial charge in [0.2, 0.25) is 0 Å². The number of carbonyl (C=O) groups is 1. The highest BCUT2D eigenvalue weighted by Crippen LogP contribution is 2.16. The summed E-state index contributed by atoms with van der Waals surface area (Å²) in [6.07, 6.45) is 3.28. The van der Waals surface area contributed by atoms with Crippen LogP contribution in [-0.4, -0.2) is 60.0 Å². The Hall–Kier alpha value is -2.41. The van der Waals surface area contributed by atoms with Crippen molar-refractivity contribution >= 4 is 11.7 Å². The van der Waals surface area contributed by atoms with E-state index in [4.69, 9.17) is 4.74 Å². The Morgan fingerprint density at radius 1 is 1.16 bits per heavy atom. The average molecular weight is 346 g/mol. The van der Waals surface area contributed by atoms with Crippen LogP contribution in [0.3, 0.4) is 0 Å². The second-order valence-electron chi connectivity index (χ2n) is 6.02. The Bertz CT molecular complexity index is 693. The van der Waals surface area contributed by atoms with Crippen molar-refractivity contribution in [3.63, 3.8) is 0 Å². The molecule has 25 heavy (non-hydrogen) atoms. The van der Waals surface area contributed by atoms with E-state index in [9.17, 15) is 9.18 Å². The number of piperazine rings is 1. The van der Waals surface area contributed by atoms with Crippen LogP contribution in [0.25, 0.3) is 0 Å². The van der Waals surface area contributed by atoms with Gasteiger partial charge in [-0.1, -0.05) is 0 Å². The van der Waals surface area contributed by atoms with Crippen molar-refractivity contribution in [3.05, 3.63) is 48.0 Å². The first kappa shape index (κ1) is 17.4. The van der Waals surface area contributed by atoms with Gasteiger partial charge in [-0.3, -0.25) is 9.58 Å². The summed E-state index contributed by atoms with van der Waals surface area (Å²) >= 11 is 0. The molecule has 1 aliphatic heterocycles. The van der Waals surface area contributed by atoms with Gasteiger partial charge in [0.15, 0.2) is 0 Å². The lowest BCUT2D eigenvalue weighted by molar-refractivity contribution is 0.0526. The summed E-state index contributed by atoms with van der Waals surface area (Å²) in [5.41, 5.74) is 1.55. The normalized spacial score (nSPS) is 15.4. The lowest BCUT2D eigenvalue weighted by Gasteiger charge is -2.36. The van der Waals surface area contributed by atoms with Gasteiger partial charge in [-0.05, 0) is 31.2 Å². The van der Waals surface area contributed by atoms with Gasteiger partial charge in [0.1, 0.15) is 5.82 Å². The largest absolute Gasteiger partial charge is 0.462 e. The molecule has 2 heterocycles. The van der Waals surface area contributed by atoms with Crippen LogP contribution in [0.1, 0.15) is 17.3 Å². The Labute approximate surface area is 146 Å². The van der Waals surface area contributed by atoms with E-state index >= 15 is 0 Å². The first-order valence-electron chi connectivity index (χ1n) is 8.58. The molecule has 6 nitrogen and oxygen atoms in total. The number of hydrogen-bond acceptors (Lipinski definition) is 5. The highest BCUT2D eigenvalue weighted by atomic mass is 19.1. The molecule has 0 spiro atoms. The third-order valence-electron chi connectivity index (χ3n) is 4.35. The summed E-state index contributed by atoms with van der Waals surface area (Å²) < 4.78 is 19.7. The molecule has 7 heteroatoms. The Kier molecular flexibility index (Phi) is 5.65. The van der Waals surface area contributed by atoms with Crippen molar-refractivity contribution in [1.29, 1.82) is 0 Å². The first-order chi connectivity index (χ1) is 12.2. The van der Waals surface area contributed by atoms with Crippen LogP contribution in [0.5, 0.6) is 0 Å². The van der Waals surface area contributed by atoms with Crippen molar-refractivity contribution < 1.29 is 13.9 Å². The first-order valence-corrected chi connectivity index (χ1v) is 8.58. The second-order valence-corrected chi connectivity index (χ2v) is 6.02. The Morgan fingerprint density at radius 2 is 1.88 bits per heavy atom. The van der Waals surface area contributed by atoms with Gasteiger partial charge in [0.05, 0.1) is 24.9 Å². The highest BCUT2D eigenvalue weighted by Gasteiger charge is 2.17. The smallest absolute Gasteiger partial charge is 0.341 e. The summed E-state index contributed by atoms with van der Waals surface area (Å²) in [4.78, 5) is 16.3. The van der Waals surface area contributed by atoms with Crippen LogP contribution in [0.2, 0.25) is 0 Å².